The van der Waals surface area contributed by atoms with Gasteiger partial charge < -0.3 is 10.0 Å². The summed E-state index contributed by atoms with van der Waals surface area (Å²) in [6, 6.07) is 3.64. The molecule has 0 radical (unpaired) electrons. The normalized spacial score (nSPS) is 11.0. The van der Waals surface area contributed by atoms with Crippen LogP contribution in [0.25, 0.3) is 0 Å². The minimum atomic E-state index is -1.49. The highest BCUT2D eigenvalue weighted by atomic mass is 35.5. The van der Waals surface area contributed by atoms with Gasteiger partial charge in [0.05, 0.1) is 4.92 Å². The average molecular weight is 315 g/mol. The number of likely N-dealkylation sites (N-methyl/N-ethyl adjacent to an activating group) is 1. The maximum absolute atomic E-state index is 12.5. The largest absolute Gasteiger partial charge is 0.480 e. The van der Waals surface area contributed by atoms with Gasteiger partial charge in [0.2, 0.25) is 0 Å². The van der Waals surface area contributed by atoms with E-state index >= 15 is 0 Å². The molecule has 7 nitrogen and oxygen atoms in total. The highest BCUT2D eigenvalue weighted by molar-refractivity contribution is 6.31. The molecule has 114 valence electrons. The van der Waals surface area contributed by atoms with Crippen LogP contribution in [0.3, 0.4) is 0 Å². The molecule has 1 aromatic rings. The fourth-order valence-electron chi connectivity index (χ4n) is 1.89. The van der Waals surface area contributed by atoms with Crippen molar-refractivity contribution < 1.29 is 19.6 Å². The van der Waals surface area contributed by atoms with E-state index < -0.39 is 28.0 Å². The van der Waals surface area contributed by atoms with Crippen molar-refractivity contribution in [3.05, 3.63) is 38.9 Å². The molecule has 0 saturated carbocycles. The molecule has 0 fully saturated rings. The number of carboxylic acid groups (broad SMARTS) is 1. The van der Waals surface area contributed by atoms with Crippen molar-refractivity contribution >= 4 is 29.2 Å². The molecule has 8 heteroatoms. The van der Waals surface area contributed by atoms with Gasteiger partial charge in [-0.2, -0.15) is 0 Å². The van der Waals surface area contributed by atoms with E-state index in [0.717, 1.165) is 11.0 Å². The SMILES string of the molecule is CCN(C(=O)c1ccc(Cl)cc1[N+](=O)[O-])C(C)(C)C(=O)O. The second-order valence-electron chi connectivity index (χ2n) is 4.83. The van der Waals surface area contributed by atoms with E-state index in [1.165, 1.54) is 26.0 Å². The summed E-state index contributed by atoms with van der Waals surface area (Å²) in [6.07, 6.45) is 0. The number of halogens is 1. The van der Waals surface area contributed by atoms with Crippen LogP contribution in [0.5, 0.6) is 0 Å². The van der Waals surface area contributed by atoms with Crippen LogP contribution in [0.15, 0.2) is 18.2 Å². The molecule has 0 aliphatic heterocycles. The molecular weight excluding hydrogens is 300 g/mol. The van der Waals surface area contributed by atoms with E-state index in [0.29, 0.717) is 0 Å². The van der Waals surface area contributed by atoms with Crippen molar-refractivity contribution in [1.29, 1.82) is 0 Å². The molecule has 1 aromatic carbocycles. The van der Waals surface area contributed by atoms with E-state index in [1.807, 2.05) is 0 Å². The van der Waals surface area contributed by atoms with Crippen molar-refractivity contribution in [3.63, 3.8) is 0 Å². The Kier molecular flexibility index (Phi) is 4.90. The maximum atomic E-state index is 12.5. The van der Waals surface area contributed by atoms with Gasteiger partial charge >= 0.3 is 5.97 Å². The van der Waals surface area contributed by atoms with Gasteiger partial charge in [-0.15, -0.1) is 0 Å². The Morgan fingerprint density at radius 2 is 2.00 bits per heavy atom. The Morgan fingerprint density at radius 3 is 2.43 bits per heavy atom. The number of carbonyl (C=O) groups is 2. The number of amides is 1. The first-order chi connectivity index (χ1) is 9.62. The smallest absolute Gasteiger partial charge is 0.329 e. The van der Waals surface area contributed by atoms with Crippen LogP contribution in [-0.2, 0) is 4.79 Å². The first kappa shape index (κ1) is 16.9. The number of carbonyl (C=O) groups excluding carboxylic acids is 1. The third-order valence-corrected chi connectivity index (χ3v) is 3.38. The van der Waals surface area contributed by atoms with Crippen LogP contribution in [0.2, 0.25) is 5.02 Å². The zero-order chi connectivity index (χ0) is 16.4. The van der Waals surface area contributed by atoms with Crippen molar-refractivity contribution in [1.82, 2.24) is 4.90 Å². The van der Waals surface area contributed by atoms with Gasteiger partial charge in [-0.3, -0.25) is 14.9 Å². The van der Waals surface area contributed by atoms with Gasteiger partial charge in [0, 0.05) is 17.6 Å². The lowest BCUT2D eigenvalue weighted by molar-refractivity contribution is -0.385. The van der Waals surface area contributed by atoms with Crippen LogP contribution < -0.4 is 0 Å². The highest BCUT2D eigenvalue weighted by Gasteiger charge is 2.39. The molecule has 0 atom stereocenters. The summed E-state index contributed by atoms with van der Waals surface area (Å²) in [6.45, 7) is 4.42. The predicted molar refractivity (Wildman–Crippen MR) is 76.5 cm³/mol. The molecule has 0 aromatic heterocycles. The van der Waals surface area contributed by atoms with Gasteiger partial charge in [-0.05, 0) is 32.9 Å². The Hall–Kier alpha value is -2.15. The third-order valence-electron chi connectivity index (χ3n) is 3.15. The quantitative estimate of drug-likeness (QED) is 0.665. The molecule has 0 bridgehead atoms. The summed E-state index contributed by atoms with van der Waals surface area (Å²) in [7, 11) is 0. The number of hydrogen-bond donors (Lipinski definition) is 1. The molecule has 0 unspecified atom stereocenters. The summed E-state index contributed by atoms with van der Waals surface area (Å²) >= 11 is 5.70. The topological polar surface area (TPSA) is 101 Å². The van der Waals surface area contributed by atoms with Gasteiger partial charge in [0.1, 0.15) is 11.1 Å². The van der Waals surface area contributed by atoms with Crippen LogP contribution in [0, 0.1) is 10.1 Å². The monoisotopic (exact) mass is 314 g/mol. The zero-order valence-corrected chi connectivity index (χ0v) is 12.5. The number of nitrogens with zero attached hydrogens (tertiary/aromatic N) is 2. The standard InChI is InChI=1S/C13H15ClN2O5/c1-4-15(13(2,3)12(18)19)11(17)9-6-5-8(14)7-10(9)16(20)21/h5-7H,4H2,1-3H3,(H,18,19). The fraction of sp³-hybridized carbons (Fsp3) is 0.385. The number of hydrogen-bond acceptors (Lipinski definition) is 4. The fourth-order valence-corrected chi connectivity index (χ4v) is 2.06. The van der Waals surface area contributed by atoms with E-state index in [4.69, 9.17) is 11.6 Å². The summed E-state index contributed by atoms with van der Waals surface area (Å²) < 4.78 is 0. The molecule has 1 amide bonds. The summed E-state index contributed by atoms with van der Waals surface area (Å²) in [5, 5.41) is 20.4. The van der Waals surface area contributed by atoms with E-state index in [2.05, 4.69) is 0 Å². The van der Waals surface area contributed by atoms with Gasteiger partial charge in [0.15, 0.2) is 0 Å². The Morgan fingerprint density at radius 1 is 1.43 bits per heavy atom. The van der Waals surface area contributed by atoms with E-state index in [9.17, 15) is 24.8 Å². The number of nitro benzene ring substituents is 1. The summed E-state index contributed by atoms with van der Waals surface area (Å²) in [4.78, 5) is 35.1. The van der Waals surface area contributed by atoms with E-state index in [1.54, 1.807) is 6.92 Å². The second kappa shape index (κ2) is 6.09. The lowest BCUT2D eigenvalue weighted by Crippen LogP contribution is -2.53. The number of rotatable bonds is 5. The number of benzene rings is 1. The molecule has 21 heavy (non-hydrogen) atoms. The molecule has 0 aliphatic carbocycles. The number of nitro groups is 1. The van der Waals surface area contributed by atoms with Crippen molar-refractivity contribution in [2.24, 2.45) is 0 Å². The molecule has 0 spiro atoms. The molecule has 1 rings (SSSR count). The molecule has 1 N–H and O–H groups in total. The predicted octanol–water partition coefficient (Wildman–Crippen LogP) is 2.57. The van der Waals surface area contributed by atoms with Crippen LogP contribution in [-0.4, -0.2) is 38.9 Å². The summed E-state index contributed by atoms with van der Waals surface area (Å²) in [5.41, 5.74) is -2.13. The third kappa shape index (κ3) is 3.30. The van der Waals surface area contributed by atoms with Crippen LogP contribution in [0.4, 0.5) is 5.69 Å². The van der Waals surface area contributed by atoms with Crippen molar-refractivity contribution in [2.45, 2.75) is 26.3 Å². The van der Waals surface area contributed by atoms with Gasteiger partial charge in [-0.1, -0.05) is 11.6 Å². The number of carboxylic acids is 1. The minimum Gasteiger partial charge on any atom is -0.480 e. The minimum absolute atomic E-state index is 0.0952. The number of aliphatic carboxylic acids is 1. The lowest BCUT2D eigenvalue weighted by atomic mass is 10.0. The molecule has 0 aliphatic rings. The Labute approximate surface area is 126 Å². The Bertz CT molecular complexity index is 600. The van der Waals surface area contributed by atoms with Crippen molar-refractivity contribution in [3.8, 4) is 0 Å². The zero-order valence-electron chi connectivity index (χ0n) is 11.8. The van der Waals surface area contributed by atoms with Crippen LogP contribution in [0.1, 0.15) is 31.1 Å². The first-order valence-corrected chi connectivity index (χ1v) is 6.50. The Balaban J connectivity index is 3.36. The van der Waals surface area contributed by atoms with Crippen LogP contribution >= 0.6 is 11.6 Å². The maximum Gasteiger partial charge on any atom is 0.329 e. The average Bonchev–Trinajstić information content (AvgIpc) is 2.38. The molecule has 0 heterocycles. The van der Waals surface area contributed by atoms with Gasteiger partial charge in [0.25, 0.3) is 11.6 Å². The van der Waals surface area contributed by atoms with Gasteiger partial charge in [-0.25, -0.2) is 4.79 Å². The summed E-state index contributed by atoms with van der Waals surface area (Å²) in [5.74, 6) is -1.93. The highest BCUT2D eigenvalue weighted by Crippen LogP contribution is 2.27. The van der Waals surface area contributed by atoms with Crippen molar-refractivity contribution in [2.75, 3.05) is 6.54 Å². The molecule has 0 saturated heterocycles. The first-order valence-electron chi connectivity index (χ1n) is 6.12. The van der Waals surface area contributed by atoms with E-state index in [-0.39, 0.29) is 17.1 Å². The second-order valence-corrected chi connectivity index (χ2v) is 5.27. The molecular formula is C13H15ClN2O5. The lowest BCUT2D eigenvalue weighted by Gasteiger charge is -2.34.